The molecule has 1 fully saturated rings. The number of hydrogen-bond donors (Lipinski definition) is 3. The van der Waals surface area contributed by atoms with Gasteiger partial charge in [-0.05, 0) is 11.6 Å². The number of nitrogens with one attached hydrogen (secondary N) is 3. The minimum absolute atomic E-state index is 0.255. The third kappa shape index (κ3) is 2.56. The van der Waals surface area contributed by atoms with Gasteiger partial charge in [0.05, 0.1) is 18.3 Å². The van der Waals surface area contributed by atoms with Gasteiger partial charge in [-0.2, -0.15) is 0 Å². The molecule has 0 saturated carbocycles. The molecule has 0 aliphatic carbocycles. The Morgan fingerprint density at radius 3 is 2.59 bits per heavy atom. The lowest BCUT2D eigenvalue weighted by atomic mass is 9.74. The Bertz CT molecular complexity index is 1070. The molecule has 1 saturated heterocycles. The van der Waals surface area contributed by atoms with Gasteiger partial charge >= 0.3 is 0 Å². The number of rotatable bonds is 4. The van der Waals surface area contributed by atoms with E-state index in [2.05, 4.69) is 20.6 Å². The highest BCUT2D eigenvalue weighted by Gasteiger charge is 2.66. The number of nitrogens with zero attached hydrogens (tertiary/aromatic N) is 2. The second kappa shape index (κ2) is 6.52. The van der Waals surface area contributed by atoms with Crippen LogP contribution < -0.4 is 10.6 Å². The summed E-state index contributed by atoms with van der Waals surface area (Å²) in [5.74, 6) is -0.915. The van der Waals surface area contributed by atoms with Crippen LogP contribution in [-0.4, -0.2) is 32.9 Å². The van der Waals surface area contributed by atoms with Crippen LogP contribution in [0.2, 0.25) is 0 Å². The first-order valence-corrected chi connectivity index (χ1v) is 9.45. The number of benzene rings is 2. The lowest BCUT2D eigenvalue weighted by Gasteiger charge is -2.29. The lowest BCUT2D eigenvalue weighted by molar-refractivity contribution is -0.526. The monoisotopic (exact) mass is 389 g/mol. The maximum Gasteiger partial charge on any atom is 0.250 e. The fourth-order valence-electron chi connectivity index (χ4n) is 4.87. The second-order valence-electron chi connectivity index (χ2n) is 7.50. The van der Waals surface area contributed by atoms with Crippen LogP contribution in [0, 0.1) is 10.1 Å². The molecule has 1 spiro atoms. The third-order valence-electron chi connectivity index (χ3n) is 5.99. The average molecular weight is 389 g/mol. The van der Waals surface area contributed by atoms with Crippen LogP contribution in [0.5, 0.6) is 0 Å². The van der Waals surface area contributed by atoms with E-state index in [0.717, 1.165) is 16.8 Å². The molecule has 2 aliphatic heterocycles. The van der Waals surface area contributed by atoms with Crippen LogP contribution in [-0.2, 0) is 16.8 Å². The fourth-order valence-corrected chi connectivity index (χ4v) is 4.87. The van der Waals surface area contributed by atoms with Crippen LogP contribution in [0.1, 0.15) is 22.7 Å². The van der Waals surface area contributed by atoms with E-state index in [0.29, 0.717) is 12.1 Å². The zero-order chi connectivity index (χ0) is 20.0. The van der Waals surface area contributed by atoms with Gasteiger partial charge in [-0.1, -0.05) is 48.5 Å². The summed E-state index contributed by atoms with van der Waals surface area (Å²) in [4.78, 5) is 32.4. The number of carbonyl (C=O) groups is 1. The Morgan fingerprint density at radius 1 is 1.10 bits per heavy atom. The predicted octanol–water partition coefficient (Wildman–Crippen LogP) is 2.20. The van der Waals surface area contributed by atoms with Gasteiger partial charge in [0.1, 0.15) is 5.54 Å². The molecular formula is C21H19N5O3. The molecule has 8 nitrogen and oxygen atoms in total. The van der Waals surface area contributed by atoms with Gasteiger partial charge in [-0.15, -0.1) is 0 Å². The number of anilines is 1. The van der Waals surface area contributed by atoms with E-state index in [1.54, 1.807) is 12.5 Å². The van der Waals surface area contributed by atoms with Gasteiger partial charge in [0, 0.05) is 34.5 Å². The summed E-state index contributed by atoms with van der Waals surface area (Å²) in [6.07, 6.45) is 3.57. The molecule has 29 heavy (non-hydrogen) atoms. The predicted molar refractivity (Wildman–Crippen MR) is 106 cm³/mol. The molecule has 3 heterocycles. The van der Waals surface area contributed by atoms with Crippen molar-refractivity contribution in [2.75, 3.05) is 5.32 Å². The molecular weight excluding hydrogens is 370 g/mol. The maximum absolute atomic E-state index is 13.3. The van der Waals surface area contributed by atoms with E-state index in [4.69, 9.17) is 0 Å². The fraction of sp³-hybridized carbons (Fsp3) is 0.238. The minimum Gasteiger partial charge on any atom is -0.348 e. The van der Waals surface area contributed by atoms with E-state index >= 15 is 0 Å². The van der Waals surface area contributed by atoms with Gasteiger partial charge in [0.2, 0.25) is 11.9 Å². The number of amides is 1. The number of fused-ring (bicyclic) bond motifs is 2. The summed E-state index contributed by atoms with van der Waals surface area (Å²) >= 11 is 0. The Kier molecular flexibility index (Phi) is 3.95. The topological polar surface area (TPSA) is 113 Å². The molecule has 5 rings (SSSR count). The number of carbonyl (C=O) groups excluding carboxylic acids is 1. The number of nitro groups is 1. The van der Waals surface area contributed by atoms with Crippen LogP contribution in [0.25, 0.3) is 0 Å². The number of aromatic amines is 1. The highest BCUT2D eigenvalue weighted by molar-refractivity contribution is 6.07. The highest BCUT2D eigenvalue weighted by Crippen LogP contribution is 2.52. The second-order valence-corrected chi connectivity index (χ2v) is 7.50. The molecule has 1 aromatic heterocycles. The van der Waals surface area contributed by atoms with Crippen LogP contribution in [0.4, 0.5) is 5.69 Å². The number of H-pyrrole nitrogens is 1. The van der Waals surface area contributed by atoms with E-state index < -0.39 is 23.5 Å². The number of aromatic nitrogens is 2. The van der Waals surface area contributed by atoms with Crippen molar-refractivity contribution in [3.63, 3.8) is 0 Å². The van der Waals surface area contributed by atoms with Crippen LogP contribution in [0.3, 0.4) is 0 Å². The van der Waals surface area contributed by atoms with Gasteiger partial charge in [0.25, 0.3) is 0 Å². The summed E-state index contributed by atoms with van der Waals surface area (Å²) < 4.78 is 0. The molecule has 3 aromatic rings. The molecule has 8 heteroatoms. The first-order valence-electron chi connectivity index (χ1n) is 9.45. The van der Waals surface area contributed by atoms with Gasteiger partial charge in [-0.25, -0.2) is 4.98 Å². The van der Waals surface area contributed by atoms with Crippen molar-refractivity contribution in [1.29, 1.82) is 0 Å². The molecule has 3 N–H and O–H groups in total. The summed E-state index contributed by atoms with van der Waals surface area (Å²) in [5.41, 5.74) is 1.78. The molecule has 2 aliphatic rings. The Hall–Kier alpha value is -3.52. The summed E-state index contributed by atoms with van der Waals surface area (Å²) in [6, 6.07) is 15.1. The van der Waals surface area contributed by atoms with E-state index in [1.807, 2.05) is 54.6 Å². The molecule has 0 unspecified atom stereocenters. The first kappa shape index (κ1) is 17.6. The molecule has 4 atom stereocenters. The first-order chi connectivity index (χ1) is 14.1. The average Bonchev–Trinajstić information content (AvgIpc) is 3.42. The molecule has 0 bridgehead atoms. The van der Waals surface area contributed by atoms with Crippen molar-refractivity contribution in [3.05, 3.63) is 94.1 Å². The lowest BCUT2D eigenvalue weighted by Crippen LogP contribution is -2.49. The minimum atomic E-state index is -1.21. The van der Waals surface area contributed by atoms with E-state index in [1.165, 1.54) is 0 Å². The van der Waals surface area contributed by atoms with Crippen molar-refractivity contribution in [3.8, 4) is 0 Å². The largest absolute Gasteiger partial charge is 0.348 e. The van der Waals surface area contributed by atoms with Gasteiger partial charge < -0.3 is 10.3 Å². The van der Waals surface area contributed by atoms with E-state index in [-0.39, 0.29) is 10.8 Å². The van der Waals surface area contributed by atoms with Crippen LogP contribution in [0.15, 0.2) is 67.1 Å². The standard InChI is InChI=1S/C21H19N5O3/c27-20-21(15-8-4-5-9-16(15)24-20)18(13-6-2-1-3-7-13)19(26(28)29)17(25-21)10-14-11-22-12-23-14/h1-9,11-12,17-19,25H,10H2,(H,22,23)(H,24,27)/t17-,18+,19-,21+/m1/s1. The van der Waals surface area contributed by atoms with Gasteiger partial charge in [0.15, 0.2) is 0 Å². The molecule has 2 aromatic carbocycles. The SMILES string of the molecule is O=C1Nc2ccccc2[C@@]12N[C@H](Cc1cnc[nH]1)[C@@H]([N+](=O)[O-])[C@@H]2c1ccccc1. The van der Waals surface area contributed by atoms with Crippen molar-refractivity contribution in [1.82, 2.24) is 15.3 Å². The summed E-state index contributed by atoms with van der Waals surface area (Å²) in [5, 5.41) is 18.6. The van der Waals surface area contributed by atoms with Crippen molar-refractivity contribution in [2.24, 2.45) is 0 Å². The van der Waals surface area contributed by atoms with Crippen molar-refractivity contribution >= 4 is 11.6 Å². The summed E-state index contributed by atoms with van der Waals surface area (Å²) in [6.45, 7) is 0. The number of hydrogen-bond acceptors (Lipinski definition) is 5. The van der Waals surface area contributed by atoms with Crippen molar-refractivity contribution in [2.45, 2.75) is 30.0 Å². The molecule has 1 amide bonds. The highest BCUT2D eigenvalue weighted by atomic mass is 16.6. The Labute approximate surface area is 166 Å². The maximum atomic E-state index is 13.3. The molecule has 146 valence electrons. The zero-order valence-electron chi connectivity index (χ0n) is 15.4. The molecule has 0 radical (unpaired) electrons. The smallest absolute Gasteiger partial charge is 0.250 e. The number of imidazole rings is 1. The summed E-state index contributed by atoms with van der Waals surface area (Å²) in [7, 11) is 0. The zero-order valence-corrected chi connectivity index (χ0v) is 15.4. The number of para-hydroxylation sites is 1. The van der Waals surface area contributed by atoms with Crippen molar-refractivity contribution < 1.29 is 9.72 Å². The Morgan fingerprint density at radius 2 is 1.86 bits per heavy atom. The Balaban J connectivity index is 1.70. The van der Waals surface area contributed by atoms with E-state index in [9.17, 15) is 14.9 Å². The third-order valence-corrected chi connectivity index (χ3v) is 5.99. The van der Waals surface area contributed by atoms with Gasteiger partial charge in [-0.3, -0.25) is 20.2 Å². The normalized spacial score (nSPS) is 27.7. The van der Waals surface area contributed by atoms with Crippen LogP contribution >= 0.6 is 0 Å². The quantitative estimate of drug-likeness (QED) is 0.468.